The van der Waals surface area contributed by atoms with Gasteiger partial charge in [-0.05, 0) is 38.5 Å². The van der Waals surface area contributed by atoms with Crippen LogP contribution in [-0.2, 0) is 20.9 Å². The van der Waals surface area contributed by atoms with Crippen molar-refractivity contribution >= 4 is 35.1 Å². The van der Waals surface area contributed by atoms with Crippen LogP contribution in [0.3, 0.4) is 0 Å². The Kier molecular flexibility index (Phi) is 6.49. The fraction of sp³-hybridized carbons (Fsp3) is 0.467. The molecule has 0 spiro atoms. The summed E-state index contributed by atoms with van der Waals surface area (Å²) in [7, 11) is 0. The van der Waals surface area contributed by atoms with E-state index in [9.17, 15) is 9.59 Å². The topological polar surface area (TPSA) is 55.4 Å². The molecule has 0 bridgehead atoms. The van der Waals surface area contributed by atoms with Gasteiger partial charge in [0, 0.05) is 13.0 Å². The van der Waals surface area contributed by atoms with Gasteiger partial charge in [-0.2, -0.15) is 0 Å². The maximum absolute atomic E-state index is 11.7. The Balaban J connectivity index is 2.34. The highest BCUT2D eigenvalue weighted by Crippen LogP contribution is 2.22. The first-order valence-electron chi connectivity index (χ1n) is 6.60. The molecular formula is C15H19Cl2NO3. The summed E-state index contributed by atoms with van der Waals surface area (Å²) in [5.41, 5.74) is 0.308. The highest BCUT2D eigenvalue weighted by Gasteiger charge is 2.16. The van der Waals surface area contributed by atoms with Crippen molar-refractivity contribution in [1.82, 2.24) is 5.32 Å². The van der Waals surface area contributed by atoms with Crippen LogP contribution < -0.4 is 5.32 Å². The molecule has 1 amide bonds. The van der Waals surface area contributed by atoms with Crippen molar-refractivity contribution in [1.29, 1.82) is 0 Å². The fourth-order valence-corrected chi connectivity index (χ4v) is 1.87. The fourth-order valence-electron chi connectivity index (χ4n) is 1.55. The molecule has 0 heterocycles. The molecule has 21 heavy (non-hydrogen) atoms. The number of benzene rings is 1. The van der Waals surface area contributed by atoms with Gasteiger partial charge in [-0.1, -0.05) is 29.3 Å². The molecular weight excluding hydrogens is 313 g/mol. The number of esters is 1. The van der Waals surface area contributed by atoms with E-state index in [0.29, 0.717) is 16.6 Å². The summed E-state index contributed by atoms with van der Waals surface area (Å²) < 4.78 is 5.13. The molecule has 1 N–H and O–H groups in total. The lowest BCUT2D eigenvalue weighted by molar-refractivity contribution is -0.155. The van der Waals surface area contributed by atoms with Crippen LogP contribution in [0.15, 0.2) is 18.2 Å². The van der Waals surface area contributed by atoms with Crippen LogP contribution in [0.5, 0.6) is 0 Å². The zero-order valence-corrected chi connectivity index (χ0v) is 13.8. The molecule has 0 saturated heterocycles. The molecule has 4 nitrogen and oxygen atoms in total. The third kappa shape index (κ3) is 7.34. The predicted molar refractivity (Wildman–Crippen MR) is 83.4 cm³/mol. The number of amides is 1. The molecule has 0 fully saturated rings. The van der Waals surface area contributed by atoms with Crippen LogP contribution in [0.4, 0.5) is 0 Å². The van der Waals surface area contributed by atoms with Gasteiger partial charge in [0.15, 0.2) is 0 Å². The Labute approximate surface area is 134 Å². The number of rotatable bonds is 5. The predicted octanol–water partition coefficient (Wildman–Crippen LogP) is 3.73. The van der Waals surface area contributed by atoms with Crippen LogP contribution in [0, 0.1) is 0 Å². The van der Waals surface area contributed by atoms with Gasteiger partial charge < -0.3 is 10.1 Å². The Bertz CT molecular complexity index is 524. The number of carbonyl (C=O) groups excluding carboxylic acids is 2. The van der Waals surface area contributed by atoms with Gasteiger partial charge in [0.25, 0.3) is 0 Å². The number of hydrogen-bond donors (Lipinski definition) is 1. The first-order chi connectivity index (χ1) is 9.67. The van der Waals surface area contributed by atoms with Gasteiger partial charge >= 0.3 is 5.97 Å². The lowest BCUT2D eigenvalue weighted by Gasteiger charge is -2.19. The smallest absolute Gasteiger partial charge is 0.306 e. The van der Waals surface area contributed by atoms with Crippen molar-refractivity contribution in [3.8, 4) is 0 Å². The second-order valence-electron chi connectivity index (χ2n) is 5.61. The minimum atomic E-state index is -0.534. The minimum absolute atomic E-state index is 0.0600. The molecule has 0 aliphatic carbocycles. The quantitative estimate of drug-likeness (QED) is 0.836. The molecule has 6 heteroatoms. The van der Waals surface area contributed by atoms with E-state index in [4.69, 9.17) is 27.9 Å². The molecule has 1 aromatic carbocycles. The molecule has 1 aromatic rings. The number of halogens is 2. The number of nitrogens with one attached hydrogen (secondary N) is 1. The monoisotopic (exact) mass is 331 g/mol. The van der Waals surface area contributed by atoms with E-state index in [1.165, 1.54) is 0 Å². The minimum Gasteiger partial charge on any atom is -0.460 e. The van der Waals surface area contributed by atoms with E-state index >= 15 is 0 Å². The first kappa shape index (κ1) is 17.8. The molecule has 0 aliphatic heterocycles. The summed E-state index contributed by atoms with van der Waals surface area (Å²) in [5.74, 6) is -0.598. The van der Waals surface area contributed by atoms with Crippen molar-refractivity contribution < 1.29 is 14.3 Å². The Hall–Kier alpha value is -1.26. The Morgan fingerprint density at radius 3 is 2.38 bits per heavy atom. The van der Waals surface area contributed by atoms with Crippen molar-refractivity contribution in [3.63, 3.8) is 0 Å². The van der Waals surface area contributed by atoms with Crippen LogP contribution in [0.2, 0.25) is 10.0 Å². The average molecular weight is 332 g/mol. The summed E-state index contributed by atoms with van der Waals surface area (Å²) in [6, 6.07) is 5.15. The van der Waals surface area contributed by atoms with E-state index in [0.717, 1.165) is 5.56 Å². The van der Waals surface area contributed by atoms with Gasteiger partial charge in [-0.25, -0.2) is 0 Å². The van der Waals surface area contributed by atoms with Gasteiger partial charge in [0.1, 0.15) is 5.60 Å². The highest BCUT2D eigenvalue weighted by atomic mass is 35.5. The average Bonchev–Trinajstić information content (AvgIpc) is 2.36. The molecule has 1 rings (SSSR count). The van der Waals surface area contributed by atoms with Gasteiger partial charge in [-0.3, -0.25) is 9.59 Å². The maximum atomic E-state index is 11.7. The SMILES string of the molecule is CC(C)(C)OC(=O)CCC(=O)NCc1ccc(Cl)c(Cl)c1. The van der Waals surface area contributed by atoms with E-state index in [2.05, 4.69) is 5.32 Å². The van der Waals surface area contributed by atoms with E-state index in [1.54, 1.807) is 39.0 Å². The zero-order valence-electron chi connectivity index (χ0n) is 12.3. The zero-order chi connectivity index (χ0) is 16.0. The molecule has 116 valence electrons. The first-order valence-corrected chi connectivity index (χ1v) is 7.35. The Morgan fingerprint density at radius 1 is 1.14 bits per heavy atom. The van der Waals surface area contributed by atoms with Crippen LogP contribution in [0.1, 0.15) is 39.2 Å². The second kappa shape index (κ2) is 7.66. The lowest BCUT2D eigenvalue weighted by Crippen LogP contribution is -2.26. The third-order valence-corrected chi connectivity index (χ3v) is 3.19. The summed E-state index contributed by atoms with van der Waals surface area (Å²) in [6.45, 7) is 5.70. The number of hydrogen-bond acceptors (Lipinski definition) is 3. The summed E-state index contributed by atoms with van der Waals surface area (Å²) in [5, 5.41) is 3.63. The van der Waals surface area contributed by atoms with Crippen LogP contribution in [0.25, 0.3) is 0 Å². The maximum Gasteiger partial charge on any atom is 0.306 e. The summed E-state index contributed by atoms with van der Waals surface area (Å²) in [4.78, 5) is 23.1. The highest BCUT2D eigenvalue weighted by molar-refractivity contribution is 6.42. The number of ether oxygens (including phenoxy) is 1. The standard InChI is InChI=1S/C15H19Cl2NO3/c1-15(2,3)21-14(20)7-6-13(19)18-9-10-4-5-11(16)12(17)8-10/h4-5,8H,6-7,9H2,1-3H3,(H,18,19). The molecule has 0 unspecified atom stereocenters. The Morgan fingerprint density at radius 2 is 1.81 bits per heavy atom. The van der Waals surface area contributed by atoms with Gasteiger partial charge in [0.2, 0.25) is 5.91 Å². The molecule has 0 radical (unpaired) electrons. The lowest BCUT2D eigenvalue weighted by atomic mass is 10.2. The largest absolute Gasteiger partial charge is 0.460 e. The van der Waals surface area contributed by atoms with Crippen molar-refractivity contribution in [2.24, 2.45) is 0 Å². The van der Waals surface area contributed by atoms with E-state index < -0.39 is 5.60 Å². The summed E-state index contributed by atoms with van der Waals surface area (Å²) in [6.07, 6.45) is 0.153. The third-order valence-electron chi connectivity index (χ3n) is 2.45. The molecule has 0 aromatic heterocycles. The number of carbonyl (C=O) groups is 2. The normalized spacial score (nSPS) is 11.1. The van der Waals surface area contributed by atoms with E-state index in [1.807, 2.05) is 0 Å². The van der Waals surface area contributed by atoms with E-state index in [-0.39, 0.29) is 24.7 Å². The summed E-state index contributed by atoms with van der Waals surface area (Å²) >= 11 is 11.7. The van der Waals surface area contributed by atoms with Gasteiger partial charge in [-0.15, -0.1) is 0 Å². The van der Waals surface area contributed by atoms with Crippen molar-refractivity contribution in [3.05, 3.63) is 33.8 Å². The molecule has 0 saturated carbocycles. The van der Waals surface area contributed by atoms with Crippen molar-refractivity contribution in [2.75, 3.05) is 0 Å². The second-order valence-corrected chi connectivity index (χ2v) is 6.43. The molecule has 0 aliphatic rings. The van der Waals surface area contributed by atoms with Crippen LogP contribution in [-0.4, -0.2) is 17.5 Å². The van der Waals surface area contributed by atoms with Crippen molar-refractivity contribution in [2.45, 2.75) is 45.8 Å². The van der Waals surface area contributed by atoms with Crippen LogP contribution >= 0.6 is 23.2 Å². The van der Waals surface area contributed by atoms with Gasteiger partial charge in [0.05, 0.1) is 16.5 Å². The molecule has 0 atom stereocenters.